The first-order valence-electron chi connectivity index (χ1n) is 4.23. The third-order valence-electron chi connectivity index (χ3n) is 1.74. The first-order chi connectivity index (χ1) is 6.76. The molecule has 0 unspecified atom stereocenters. The Kier molecular flexibility index (Phi) is 3.71. The van der Waals surface area contributed by atoms with Crippen LogP contribution in [0.2, 0.25) is 0 Å². The zero-order valence-corrected chi connectivity index (χ0v) is 7.66. The second kappa shape index (κ2) is 5.05. The van der Waals surface area contributed by atoms with E-state index in [1.165, 1.54) is 0 Å². The Bertz CT molecular complexity index is 349. The number of rotatable bonds is 3. The molecule has 3 heteroatoms. The Labute approximate surface area is 82.8 Å². The SMILES string of the molecule is C#CC(=O)Nc1ccc(CCO)cc1. The fraction of sp³-hybridized carbons (Fsp3) is 0.182. The number of carbonyl (C=O) groups excluding carboxylic acids is 1. The Hall–Kier alpha value is -1.79. The van der Waals surface area contributed by atoms with Crippen LogP contribution in [0.25, 0.3) is 0 Å². The van der Waals surface area contributed by atoms with Gasteiger partial charge in [0.05, 0.1) is 0 Å². The van der Waals surface area contributed by atoms with Gasteiger partial charge in [-0.25, -0.2) is 0 Å². The van der Waals surface area contributed by atoms with E-state index in [-0.39, 0.29) is 6.61 Å². The molecule has 3 nitrogen and oxygen atoms in total. The number of terminal acetylenes is 1. The molecule has 0 spiro atoms. The molecule has 0 aromatic heterocycles. The number of hydrogen-bond donors (Lipinski definition) is 2. The molecule has 0 saturated carbocycles. The van der Waals surface area contributed by atoms with Crippen molar-refractivity contribution in [2.75, 3.05) is 11.9 Å². The molecule has 14 heavy (non-hydrogen) atoms. The number of aliphatic hydroxyl groups excluding tert-OH is 1. The topological polar surface area (TPSA) is 49.3 Å². The third-order valence-corrected chi connectivity index (χ3v) is 1.74. The minimum atomic E-state index is -0.458. The Morgan fingerprint density at radius 3 is 2.57 bits per heavy atom. The number of benzene rings is 1. The van der Waals surface area contributed by atoms with E-state index in [2.05, 4.69) is 5.32 Å². The predicted molar refractivity (Wildman–Crippen MR) is 54.7 cm³/mol. The van der Waals surface area contributed by atoms with Crippen molar-refractivity contribution >= 4 is 11.6 Å². The zero-order chi connectivity index (χ0) is 10.4. The van der Waals surface area contributed by atoms with E-state index in [1.807, 2.05) is 18.1 Å². The van der Waals surface area contributed by atoms with E-state index in [0.717, 1.165) is 5.56 Å². The van der Waals surface area contributed by atoms with Gasteiger partial charge in [0.1, 0.15) is 0 Å². The summed E-state index contributed by atoms with van der Waals surface area (Å²) in [5, 5.41) is 11.2. The van der Waals surface area contributed by atoms with Crippen LogP contribution in [0.3, 0.4) is 0 Å². The number of anilines is 1. The highest BCUT2D eigenvalue weighted by Gasteiger charge is 1.97. The molecule has 0 aliphatic carbocycles. The minimum Gasteiger partial charge on any atom is -0.396 e. The van der Waals surface area contributed by atoms with Crippen molar-refractivity contribution in [3.05, 3.63) is 29.8 Å². The van der Waals surface area contributed by atoms with E-state index >= 15 is 0 Å². The van der Waals surface area contributed by atoms with Gasteiger partial charge in [-0.3, -0.25) is 4.79 Å². The number of carbonyl (C=O) groups is 1. The number of amides is 1. The van der Waals surface area contributed by atoms with Crippen LogP contribution in [-0.4, -0.2) is 17.6 Å². The summed E-state index contributed by atoms with van der Waals surface area (Å²) in [7, 11) is 0. The molecule has 0 saturated heterocycles. The lowest BCUT2D eigenvalue weighted by atomic mass is 10.1. The summed E-state index contributed by atoms with van der Waals surface area (Å²) in [5.74, 6) is 1.50. The standard InChI is InChI=1S/C11H11NO2/c1-2-11(14)12-10-5-3-9(4-6-10)7-8-13/h1,3-6,13H,7-8H2,(H,12,14). The fourth-order valence-corrected chi connectivity index (χ4v) is 1.05. The van der Waals surface area contributed by atoms with E-state index in [0.29, 0.717) is 12.1 Å². The van der Waals surface area contributed by atoms with E-state index in [1.54, 1.807) is 12.1 Å². The van der Waals surface area contributed by atoms with Gasteiger partial charge in [0.25, 0.3) is 5.91 Å². The average molecular weight is 189 g/mol. The molecule has 0 fully saturated rings. The summed E-state index contributed by atoms with van der Waals surface area (Å²) < 4.78 is 0. The van der Waals surface area contributed by atoms with Gasteiger partial charge in [-0.05, 0) is 30.0 Å². The van der Waals surface area contributed by atoms with Crippen LogP contribution in [0.15, 0.2) is 24.3 Å². The average Bonchev–Trinajstić information content (AvgIpc) is 2.21. The first kappa shape index (κ1) is 10.3. The van der Waals surface area contributed by atoms with Crippen molar-refractivity contribution in [1.82, 2.24) is 0 Å². The van der Waals surface area contributed by atoms with Gasteiger partial charge >= 0.3 is 0 Å². The molecule has 1 rings (SSSR count). The van der Waals surface area contributed by atoms with E-state index in [4.69, 9.17) is 11.5 Å². The summed E-state index contributed by atoms with van der Waals surface area (Å²) in [6, 6.07) is 7.17. The van der Waals surface area contributed by atoms with Crippen molar-refractivity contribution in [1.29, 1.82) is 0 Å². The zero-order valence-electron chi connectivity index (χ0n) is 7.66. The van der Waals surface area contributed by atoms with Gasteiger partial charge in [0.15, 0.2) is 0 Å². The summed E-state index contributed by atoms with van der Waals surface area (Å²) in [6.07, 6.45) is 5.52. The largest absolute Gasteiger partial charge is 0.396 e. The van der Waals surface area contributed by atoms with Gasteiger partial charge in [-0.15, -0.1) is 6.42 Å². The third kappa shape index (κ3) is 2.92. The summed E-state index contributed by atoms with van der Waals surface area (Å²) in [5.41, 5.74) is 1.68. The normalized spacial score (nSPS) is 9.14. The lowest BCUT2D eigenvalue weighted by Gasteiger charge is -2.02. The van der Waals surface area contributed by atoms with Gasteiger partial charge in [0, 0.05) is 12.3 Å². The molecule has 0 aliphatic heterocycles. The molecule has 2 N–H and O–H groups in total. The van der Waals surface area contributed by atoms with Crippen LogP contribution < -0.4 is 5.32 Å². The lowest BCUT2D eigenvalue weighted by molar-refractivity contribution is -0.111. The van der Waals surface area contributed by atoms with Crippen LogP contribution in [-0.2, 0) is 11.2 Å². The highest BCUT2D eigenvalue weighted by molar-refractivity contribution is 6.03. The van der Waals surface area contributed by atoms with Gasteiger partial charge in [0.2, 0.25) is 0 Å². The molecule has 72 valence electrons. The maximum atomic E-state index is 10.8. The van der Waals surface area contributed by atoms with E-state index < -0.39 is 5.91 Å². The number of aliphatic hydroxyl groups is 1. The maximum absolute atomic E-state index is 10.8. The fourth-order valence-electron chi connectivity index (χ4n) is 1.05. The van der Waals surface area contributed by atoms with Crippen LogP contribution >= 0.6 is 0 Å². The van der Waals surface area contributed by atoms with Gasteiger partial charge < -0.3 is 10.4 Å². The molecule has 0 atom stereocenters. The summed E-state index contributed by atoms with van der Waals surface area (Å²) >= 11 is 0. The summed E-state index contributed by atoms with van der Waals surface area (Å²) in [4.78, 5) is 10.8. The molecular formula is C11H11NO2. The van der Waals surface area contributed by atoms with Crippen molar-refractivity contribution in [3.63, 3.8) is 0 Å². The van der Waals surface area contributed by atoms with Crippen molar-refractivity contribution in [3.8, 4) is 12.3 Å². The van der Waals surface area contributed by atoms with Crippen LogP contribution in [0.5, 0.6) is 0 Å². The molecule has 1 aromatic carbocycles. The minimum absolute atomic E-state index is 0.121. The lowest BCUT2D eigenvalue weighted by Crippen LogP contribution is -2.07. The molecule has 1 amide bonds. The summed E-state index contributed by atoms with van der Waals surface area (Å²) in [6.45, 7) is 0.121. The highest BCUT2D eigenvalue weighted by Crippen LogP contribution is 2.09. The molecule has 0 radical (unpaired) electrons. The van der Waals surface area contributed by atoms with Crippen molar-refractivity contribution in [2.45, 2.75) is 6.42 Å². The maximum Gasteiger partial charge on any atom is 0.300 e. The Balaban J connectivity index is 2.65. The monoisotopic (exact) mass is 189 g/mol. The molecule has 0 aliphatic rings. The second-order valence-electron chi connectivity index (χ2n) is 2.77. The Morgan fingerprint density at radius 2 is 2.07 bits per heavy atom. The predicted octanol–water partition coefficient (Wildman–Crippen LogP) is 0.793. The highest BCUT2D eigenvalue weighted by atomic mass is 16.2. The Morgan fingerprint density at radius 1 is 1.43 bits per heavy atom. The van der Waals surface area contributed by atoms with Crippen molar-refractivity contribution in [2.24, 2.45) is 0 Å². The second-order valence-corrected chi connectivity index (χ2v) is 2.77. The van der Waals surface area contributed by atoms with Crippen LogP contribution in [0.4, 0.5) is 5.69 Å². The first-order valence-corrected chi connectivity index (χ1v) is 4.23. The molecule has 0 heterocycles. The van der Waals surface area contributed by atoms with Crippen molar-refractivity contribution < 1.29 is 9.90 Å². The van der Waals surface area contributed by atoms with Gasteiger partial charge in [-0.2, -0.15) is 0 Å². The number of nitrogens with one attached hydrogen (secondary N) is 1. The molecule has 1 aromatic rings. The number of hydrogen-bond acceptors (Lipinski definition) is 2. The van der Waals surface area contributed by atoms with Crippen LogP contribution in [0.1, 0.15) is 5.56 Å². The quantitative estimate of drug-likeness (QED) is 0.691. The van der Waals surface area contributed by atoms with Crippen LogP contribution in [0, 0.1) is 12.3 Å². The van der Waals surface area contributed by atoms with Gasteiger partial charge in [-0.1, -0.05) is 12.1 Å². The smallest absolute Gasteiger partial charge is 0.300 e. The molecular weight excluding hydrogens is 178 g/mol. The molecule has 0 bridgehead atoms. The van der Waals surface area contributed by atoms with E-state index in [9.17, 15) is 4.79 Å².